The molecule has 4 heteroatoms. The molecule has 0 aliphatic rings. The van der Waals surface area contributed by atoms with Gasteiger partial charge in [0.2, 0.25) is 0 Å². The van der Waals surface area contributed by atoms with E-state index in [1.54, 1.807) is 12.1 Å². The minimum atomic E-state index is -0.0831. The van der Waals surface area contributed by atoms with Gasteiger partial charge in [-0.05, 0) is 41.6 Å². The molecule has 3 N–H and O–H groups in total. The standard InChI is InChI=1S/C17H16N2O2/c20-14-7-5-12(6-8-14)9-10-18-16-11-13-3-1-2-4-15(13)17(21)19-16/h1-8,11,20H,9-10H2,(H2,18,19,21). The van der Waals surface area contributed by atoms with E-state index in [1.165, 1.54) is 0 Å². The topological polar surface area (TPSA) is 65.1 Å². The van der Waals surface area contributed by atoms with E-state index in [2.05, 4.69) is 10.3 Å². The molecule has 0 unspecified atom stereocenters. The Morgan fingerprint density at radius 1 is 1.05 bits per heavy atom. The third kappa shape index (κ3) is 3.05. The Balaban J connectivity index is 1.70. The van der Waals surface area contributed by atoms with Crippen LogP contribution in [0, 0.1) is 0 Å². The number of aromatic nitrogens is 1. The summed E-state index contributed by atoms with van der Waals surface area (Å²) in [4.78, 5) is 14.8. The van der Waals surface area contributed by atoms with Crippen molar-refractivity contribution in [2.45, 2.75) is 6.42 Å². The van der Waals surface area contributed by atoms with Gasteiger partial charge in [-0.15, -0.1) is 0 Å². The van der Waals surface area contributed by atoms with Crippen LogP contribution in [0.4, 0.5) is 5.82 Å². The number of hydrogen-bond donors (Lipinski definition) is 3. The number of benzene rings is 2. The lowest BCUT2D eigenvalue weighted by Gasteiger charge is -2.07. The maximum absolute atomic E-state index is 11.9. The lowest BCUT2D eigenvalue weighted by molar-refractivity contribution is 0.475. The van der Waals surface area contributed by atoms with Crippen LogP contribution < -0.4 is 10.9 Å². The molecule has 4 nitrogen and oxygen atoms in total. The van der Waals surface area contributed by atoms with Crippen LogP contribution >= 0.6 is 0 Å². The number of rotatable bonds is 4. The maximum atomic E-state index is 11.9. The predicted molar refractivity (Wildman–Crippen MR) is 84.9 cm³/mol. The van der Waals surface area contributed by atoms with E-state index in [9.17, 15) is 9.90 Å². The third-order valence-electron chi connectivity index (χ3n) is 3.42. The van der Waals surface area contributed by atoms with E-state index in [4.69, 9.17) is 0 Å². The average Bonchev–Trinajstić information content (AvgIpc) is 2.49. The summed E-state index contributed by atoms with van der Waals surface area (Å²) in [5, 5.41) is 14.1. The van der Waals surface area contributed by atoms with Gasteiger partial charge in [-0.1, -0.05) is 30.3 Å². The van der Waals surface area contributed by atoms with Crippen LogP contribution in [0.3, 0.4) is 0 Å². The van der Waals surface area contributed by atoms with Crippen molar-refractivity contribution in [1.82, 2.24) is 4.98 Å². The summed E-state index contributed by atoms with van der Waals surface area (Å²) >= 11 is 0. The van der Waals surface area contributed by atoms with E-state index in [-0.39, 0.29) is 11.3 Å². The molecule has 1 aromatic heterocycles. The number of nitrogens with one attached hydrogen (secondary N) is 2. The Labute approximate surface area is 122 Å². The molecular weight excluding hydrogens is 264 g/mol. The van der Waals surface area contributed by atoms with Gasteiger partial charge in [0.1, 0.15) is 11.6 Å². The fourth-order valence-electron chi connectivity index (χ4n) is 2.31. The molecule has 0 aliphatic heterocycles. The molecule has 0 amide bonds. The Bertz CT molecular complexity index is 807. The van der Waals surface area contributed by atoms with Gasteiger partial charge in [-0.2, -0.15) is 0 Å². The normalized spacial score (nSPS) is 10.7. The molecule has 21 heavy (non-hydrogen) atoms. The van der Waals surface area contributed by atoms with Crippen molar-refractivity contribution in [3.05, 3.63) is 70.5 Å². The molecule has 0 fully saturated rings. The van der Waals surface area contributed by atoms with Crippen LogP contribution in [0.15, 0.2) is 59.4 Å². The molecule has 2 aromatic carbocycles. The highest BCUT2D eigenvalue weighted by molar-refractivity contribution is 5.83. The van der Waals surface area contributed by atoms with Crippen molar-refractivity contribution in [3.8, 4) is 5.75 Å². The van der Waals surface area contributed by atoms with Gasteiger partial charge < -0.3 is 15.4 Å². The maximum Gasteiger partial charge on any atom is 0.257 e. The fourth-order valence-corrected chi connectivity index (χ4v) is 2.31. The van der Waals surface area contributed by atoms with Gasteiger partial charge >= 0.3 is 0 Å². The summed E-state index contributed by atoms with van der Waals surface area (Å²) < 4.78 is 0. The van der Waals surface area contributed by atoms with Gasteiger partial charge in [0.05, 0.1) is 0 Å². The number of phenolic OH excluding ortho intramolecular Hbond substituents is 1. The first-order valence-electron chi connectivity index (χ1n) is 6.86. The molecule has 0 saturated heterocycles. The Morgan fingerprint density at radius 3 is 2.62 bits per heavy atom. The molecule has 0 bridgehead atoms. The minimum Gasteiger partial charge on any atom is -0.508 e. The van der Waals surface area contributed by atoms with Crippen LogP contribution in [0.25, 0.3) is 10.8 Å². The van der Waals surface area contributed by atoms with Crippen molar-refractivity contribution in [3.63, 3.8) is 0 Å². The summed E-state index contributed by atoms with van der Waals surface area (Å²) in [5.74, 6) is 0.989. The third-order valence-corrected chi connectivity index (χ3v) is 3.42. The summed E-state index contributed by atoms with van der Waals surface area (Å²) in [5.41, 5.74) is 1.05. The molecular formula is C17H16N2O2. The monoisotopic (exact) mass is 280 g/mol. The molecule has 0 atom stereocenters. The molecule has 0 saturated carbocycles. The molecule has 106 valence electrons. The van der Waals surface area contributed by atoms with Gasteiger partial charge in [-0.25, -0.2) is 0 Å². The van der Waals surface area contributed by atoms with Crippen molar-refractivity contribution in [1.29, 1.82) is 0 Å². The minimum absolute atomic E-state index is 0.0831. The molecule has 3 aromatic rings. The van der Waals surface area contributed by atoms with Crippen LogP contribution in [-0.4, -0.2) is 16.6 Å². The van der Waals surface area contributed by atoms with E-state index in [1.807, 2.05) is 42.5 Å². The van der Waals surface area contributed by atoms with Crippen LogP contribution in [0.1, 0.15) is 5.56 Å². The lowest BCUT2D eigenvalue weighted by atomic mass is 10.1. The second kappa shape index (κ2) is 5.71. The average molecular weight is 280 g/mol. The molecule has 1 heterocycles. The highest BCUT2D eigenvalue weighted by Crippen LogP contribution is 2.13. The number of phenols is 1. The lowest BCUT2D eigenvalue weighted by Crippen LogP contribution is -2.12. The quantitative estimate of drug-likeness (QED) is 0.688. The predicted octanol–water partition coefficient (Wildman–Crippen LogP) is 2.89. The number of fused-ring (bicyclic) bond motifs is 1. The zero-order chi connectivity index (χ0) is 14.7. The Kier molecular flexibility index (Phi) is 3.60. The zero-order valence-corrected chi connectivity index (χ0v) is 11.5. The van der Waals surface area contributed by atoms with Crippen molar-refractivity contribution < 1.29 is 5.11 Å². The summed E-state index contributed by atoms with van der Waals surface area (Å²) in [6.45, 7) is 0.707. The number of aromatic amines is 1. The molecule has 0 spiro atoms. The first-order valence-corrected chi connectivity index (χ1v) is 6.86. The largest absolute Gasteiger partial charge is 0.508 e. The SMILES string of the molecule is O=c1[nH]c(NCCc2ccc(O)cc2)cc2ccccc12. The first kappa shape index (κ1) is 13.2. The van der Waals surface area contributed by atoms with Crippen molar-refractivity contribution in [2.24, 2.45) is 0 Å². The van der Waals surface area contributed by atoms with Crippen molar-refractivity contribution >= 4 is 16.6 Å². The van der Waals surface area contributed by atoms with Gasteiger partial charge in [0.15, 0.2) is 0 Å². The number of aromatic hydroxyl groups is 1. The Hall–Kier alpha value is -2.75. The second-order valence-electron chi connectivity index (χ2n) is 4.94. The van der Waals surface area contributed by atoms with E-state index in [0.717, 1.165) is 23.2 Å². The van der Waals surface area contributed by atoms with E-state index >= 15 is 0 Å². The highest BCUT2D eigenvalue weighted by Gasteiger charge is 2.01. The van der Waals surface area contributed by atoms with Crippen LogP contribution in [-0.2, 0) is 6.42 Å². The zero-order valence-electron chi connectivity index (χ0n) is 11.5. The Morgan fingerprint density at radius 2 is 1.81 bits per heavy atom. The first-order chi connectivity index (χ1) is 10.2. The molecule has 0 radical (unpaired) electrons. The van der Waals surface area contributed by atoms with Crippen molar-refractivity contribution in [2.75, 3.05) is 11.9 Å². The number of hydrogen-bond acceptors (Lipinski definition) is 3. The summed E-state index contributed by atoms with van der Waals surface area (Å²) in [6.07, 6.45) is 0.815. The summed E-state index contributed by atoms with van der Waals surface area (Å²) in [7, 11) is 0. The highest BCUT2D eigenvalue weighted by atomic mass is 16.3. The molecule has 0 aliphatic carbocycles. The number of H-pyrrole nitrogens is 1. The van der Waals surface area contributed by atoms with Gasteiger partial charge in [0, 0.05) is 11.9 Å². The van der Waals surface area contributed by atoms with Gasteiger partial charge in [0.25, 0.3) is 5.56 Å². The summed E-state index contributed by atoms with van der Waals surface area (Å²) in [6, 6.07) is 16.6. The van der Waals surface area contributed by atoms with Crippen LogP contribution in [0.2, 0.25) is 0 Å². The van der Waals surface area contributed by atoms with Gasteiger partial charge in [-0.3, -0.25) is 4.79 Å². The molecule has 3 rings (SSSR count). The number of anilines is 1. The van der Waals surface area contributed by atoms with Crippen LogP contribution in [0.5, 0.6) is 5.75 Å². The number of pyridine rings is 1. The fraction of sp³-hybridized carbons (Fsp3) is 0.118. The van der Waals surface area contributed by atoms with E-state index < -0.39 is 0 Å². The van der Waals surface area contributed by atoms with E-state index in [0.29, 0.717) is 11.9 Å². The second-order valence-corrected chi connectivity index (χ2v) is 4.94. The smallest absolute Gasteiger partial charge is 0.257 e.